The summed E-state index contributed by atoms with van der Waals surface area (Å²) in [5.41, 5.74) is 5.58. The summed E-state index contributed by atoms with van der Waals surface area (Å²) in [6.45, 7) is 0.363. The van der Waals surface area contributed by atoms with Gasteiger partial charge in [-0.3, -0.25) is 4.79 Å². The number of halogens is 2. The molecule has 16 heavy (non-hydrogen) atoms. The van der Waals surface area contributed by atoms with Crippen molar-refractivity contribution < 1.29 is 13.9 Å². The van der Waals surface area contributed by atoms with Crippen molar-refractivity contribution in [3.05, 3.63) is 34.6 Å². The molecule has 0 aliphatic rings. The van der Waals surface area contributed by atoms with Crippen molar-refractivity contribution in [2.75, 3.05) is 13.7 Å². The molecule has 0 fully saturated rings. The number of carbonyl (C=O) groups excluding carboxylic acids is 1. The van der Waals surface area contributed by atoms with Gasteiger partial charge in [0.2, 0.25) is 0 Å². The van der Waals surface area contributed by atoms with E-state index >= 15 is 0 Å². The largest absolute Gasteiger partial charge is 0.385 e. The van der Waals surface area contributed by atoms with Gasteiger partial charge in [0.25, 0.3) is 0 Å². The van der Waals surface area contributed by atoms with E-state index in [0.717, 1.165) is 6.07 Å². The van der Waals surface area contributed by atoms with Crippen LogP contribution in [0.25, 0.3) is 0 Å². The van der Waals surface area contributed by atoms with Crippen LogP contribution in [0.1, 0.15) is 16.8 Å². The van der Waals surface area contributed by atoms with Crippen LogP contribution in [0, 0.1) is 5.82 Å². The van der Waals surface area contributed by atoms with Gasteiger partial charge in [-0.25, -0.2) is 4.39 Å². The quantitative estimate of drug-likeness (QED) is 0.808. The van der Waals surface area contributed by atoms with Crippen LogP contribution >= 0.6 is 11.6 Å². The van der Waals surface area contributed by atoms with Crippen molar-refractivity contribution in [1.82, 2.24) is 0 Å². The van der Waals surface area contributed by atoms with Gasteiger partial charge in [0.1, 0.15) is 5.82 Å². The van der Waals surface area contributed by atoms with Crippen molar-refractivity contribution in [3.63, 3.8) is 0 Å². The molecule has 2 N–H and O–H groups in total. The Bertz CT molecular complexity index is 384. The lowest BCUT2D eigenvalue weighted by molar-refractivity contribution is 0.0931. The van der Waals surface area contributed by atoms with E-state index in [1.807, 2.05) is 0 Å². The molecule has 1 aromatic rings. The molecule has 0 aliphatic carbocycles. The van der Waals surface area contributed by atoms with E-state index in [-0.39, 0.29) is 10.6 Å². The van der Waals surface area contributed by atoms with Gasteiger partial charge in [-0.05, 0) is 24.6 Å². The molecule has 5 heteroatoms. The zero-order valence-electron chi connectivity index (χ0n) is 8.87. The number of hydrogen-bond donors (Lipinski definition) is 1. The second-order valence-electron chi connectivity index (χ2n) is 3.38. The maximum absolute atomic E-state index is 13.4. The van der Waals surface area contributed by atoms with Crippen molar-refractivity contribution in [2.45, 2.75) is 12.5 Å². The van der Waals surface area contributed by atoms with E-state index in [2.05, 4.69) is 0 Å². The Hall–Kier alpha value is -0.970. The van der Waals surface area contributed by atoms with Crippen LogP contribution in [0.4, 0.5) is 4.39 Å². The maximum Gasteiger partial charge on any atom is 0.182 e. The first-order chi connectivity index (χ1) is 7.56. The van der Waals surface area contributed by atoms with Gasteiger partial charge >= 0.3 is 0 Å². The molecule has 0 heterocycles. The topological polar surface area (TPSA) is 52.3 Å². The first-order valence-corrected chi connectivity index (χ1v) is 5.18. The molecule has 0 aliphatic heterocycles. The van der Waals surface area contributed by atoms with E-state index in [0.29, 0.717) is 13.0 Å². The van der Waals surface area contributed by atoms with Crippen LogP contribution in [0.5, 0.6) is 0 Å². The SMILES string of the molecule is COCCC(N)C(=O)c1ccc(Cl)cc1F. The molecule has 88 valence electrons. The van der Waals surface area contributed by atoms with Gasteiger partial charge in [0, 0.05) is 18.7 Å². The molecule has 0 radical (unpaired) electrons. The number of nitrogens with two attached hydrogens (primary N) is 1. The summed E-state index contributed by atoms with van der Waals surface area (Å²) in [6, 6.07) is 3.14. The van der Waals surface area contributed by atoms with E-state index < -0.39 is 17.6 Å². The molecule has 0 saturated carbocycles. The number of carbonyl (C=O) groups is 1. The lowest BCUT2D eigenvalue weighted by atomic mass is 10.0. The highest BCUT2D eigenvalue weighted by molar-refractivity contribution is 6.30. The van der Waals surface area contributed by atoms with Crippen molar-refractivity contribution >= 4 is 17.4 Å². The molecule has 1 aromatic carbocycles. The van der Waals surface area contributed by atoms with Crippen LogP contribution in [0.2, 0.25) is 5.02 Å². The summed E-state index contributed by atoms with van der Waals surface area (Å²) in [7, 11) is 1.51. The smallest absolute Gasteiger partial charge is 0.182 e. The monoisotopic (exact) mass is 245 g/mol. The Kier molecular flexibility index (Phi) is 4.86. The molecule has 0 bridgehead atoms. The summed E-state index contributed by atoms with van der Waals surface area (Å²) < 4.78 is 18.2. The Morgan fingerprint density at radius 3 is 2.88 bits per heavy atom. The number of ether oxygens (including phenoxy) is 1. The molecular weight excluding hydrogens is 233 g/mol. The van der Waals surface area contributed by atoms with E-state index in [4.69, 9.17) is 22.1 Å². The first kappa shape index (κ1) is 13.1. The highest BCUT2D eigenvalue weighted by atomic mass is 35.5. The van der Waals surface area contributed by atoms with Crippen LogP contribution < -0.4 is 5.73 Å². The Balaban J connectivity index is 2.79. The summed E-state index contributed by atoms with van der Waals surface area (Å²) in [4.78, 5) is 11.7. The first-order valence-electron chi connectivity index (χ1n) is 4.80. The average Bonchev–Trinajstić information content (AvgIpc) is 2.25. The number of rotatable bonds is 5. The third kappa shape index (κ3) is 3.27. The lowest BCUT2D eigenvalue weighted by Gasteiger charge is -2.10. The van der Waals surface area contributed by atoms with Crippen molar-refractivity contribution in [1.29, 1.82) is 0 Å². The fourth-order valence-corrected chi connectivity index (χ4v) is 1.42. The number of benzene rings is 1. The number of Topliss-reactive ketones (excluding diaryl/α,β-unsaturated/α-hetero) is 1. The predicted octanol–water partition coefficient (Wildman–Crippen LogP) is 2.03. The average molecular weight is 246 g/mol. The minimum Gasteiger partial charge on any atom is -0.385 e. The fraction of sp³-hybridized carbons (Fsp3) is 0.364. The van der Waals surface area contributed by atoms with Gasteiger partial charge in [-0.2, -0.15) is 0 Å². The van der Waals surface area contributed by atoms with Crippen LogP contribution in [-0.2, 0) is 4.74 Å². The van der Waals surface area contributed by atoms with Gasteiger partial charge in [-0.1, -0.05) is 11.6 Å². The summed E-state index contributed by atoms with van der Waals surface area (Å²) in [5, 5.41) is 0.250. The standard InChI is InChI=1S/C11H13ClFNO2/c1-16-5-4-10(14)11(15)8-3-2-7(12)6-9(8)13/h2-3,6,10H,4-5,14H2,1H3. The Labute approximate surface area is 98.3 Å². The van der Waals surface area contributed by atoms with E-state index in [9.17, 15) is 9.18 Å². The van der Waals surface area contributed by atoms with Gasteiger partial charge in [-0.15, -0.1) is 0 Å². The molecule has 0 saturated heterocycles. The Morgan fingerprint density at radius 2 is 2.31 bits per heavy atom. The predicted molar refractivity (Wildman–Crippen MR) is 60.2 cm³/mol. The third-order valence-corrected chi connectivity index (χ3v) is 2.40. The zero-order chi connectivity index (χ0) is 12.1. The molecule has 0 amide bonds. The maximum atomic E-state index is 13.4. The van der Waals surface area contributed by atoms with Crippen molar-refractivity contribution in [2.24, 2.45) is 5.73 Å². The van der Waals surface area contributed by atoms with Crippen LogP contribution in [0.15, 0.2) is 18.2 Å². The van der Waals surface area contributed by atoms with Crippen LogP contribution in [0.3, 0.4) is 0 Å². The molecule has 1 atom stereocenters. The van der Waals surface area contributed by atoms with Gasteiger partial charge in [0.05, 0.1) is 11.6 Å². The third-order valence-electron chi connectivity index (χ3n) is 2.17. The highest BCUT2D eigenvalue weighted by Gasteiger charge is 2.18. The van der Waals surface area contributed by atoms with Gasteiger partial charge < -0.3 is 10.5 Å². The zero-order valence-corrected chi connectivity index (χ0v) is 9.63. The van der Waals surface area contributed by atoms with E-state index in [1.54, 1.807) is 0 Å². The Morgan fingerprint density at radius 1 is 1.62 bits per heavy atom. The molecule has 0 spiro atoms. The second-order valence-corrected chi connectivity index (χ2v) is 3.81. The summed E-state index contributed by atoms with van der Waals surface area (Å²) in [6.07, 6.45) is 0.359. The molecule has 1 rings (SSSR count). The fourth-order valence-electron chi connectivity index (χ4n) is 1.26. The van der Waals surface area contributed by atoms with E-state index in [1.165, 1.54) is 19.2 Å². The molecule has 0 aromatic heterocycles. The van der Waals surface area contributed by atoms with Crippen LogP contribution in [-0.4, -0.2) is 25.5 Å². The van der Waals surface area contributed by atoms with Crippen molar-refractivity contribution in [3.8, 4) is 0 Å². The minimum absolute atomic E-state index is 0.0343. The minimum atomic E-state index is -0.754. The summed E-state index contributed by atoms with van der Waals surface area (Å²) in [5.74, 6) is -1.09. The summed E-state index contributed by atoms with van der Waals surface area (Å²) >= 11 is 5.58. The lowest BCUT2D eigenvalue weighted by Crippen LogP contribution is -2.32. The number of hydrogen-bond acceptors (Lipinski definition) is 3. The highest BCUT2D eigenvalue weighted by Crippen LogP contribution is 2.16. The number of ketones is 1. The van der Waals surface area contributed by atoms with Gasteiger partial charge in [0.15, 0.2) is 5.78 Å². The molecule has 3 nitrogen and oxygen atoms in total. The second kappa shape index (κ2) is 5.94. The normalized spacial score (nSPS) is 12.5. The molecular formula is C11H13ClFNO2. The molecule has 1 unspecified atom stereocenters. The number of methoxy groups -OCH3 is 1.